The molecule has 2 aromatic carbocycles. The zero-order chi connectivity index (χ0) is 23.1. The monoisotopic (exact) mass is 447 g/mol. The highest BCUT2D eigenvalue weighted by atomic mass is 32.2. The molecule has 32 heavy (non-hydrogen) atoms. The third kappa shape index (κ3) is 4.14. The number of aryl methyl sites for hydroxylation is 1. The first kappa shape index (κ1) is 22.8. The summed E-state index contributed by atoms with van der Waals surface area (Å²) < 4.78 is 28.9. The summed E-state index contributed by atoms with van der Waals surface area (Å²) in [5.74, 6) is 0.148. The average molecular weight is 448 g/mol. The molecule has 0 N–H and O–H groups in total. The molecule has 1 unspecified atom stereocenters. The van der Waals surface area contributed by atoms with Crippen LogP contribution in [0.3, 0.4) is 0 Å². The molecule has 2 aromatic rings. The number of rotatable bonds is 4. The predicted octanol–water partition coefficient (Wildman–Crippen LogP) is 6.40. The highest BCUT2D eigenvalue weighted by Gasteiger charge is 2.38. The maximum atomic E-state index is 13.6. The maximum absolute atomic E-state index is 13.6. The van der Waals surface area contributed by atoms with Gasteiger partial charge in [-0.15, -0.1) is 0 Å². The van der Waals surface area contributed by atoms with Gasteiger partial charge in [0.2, 0.25) is 10.0 Å². The van der Waals surface area contributed by atoms with E-state index in [-0.39, 0.29) is 11.3 Å². The van der Waals surface area contributed by atoms with Crippen LogP contribution in [0.25, 0.3) is 0 Å². The van der Waals surface area contributed by atoms with Gasteiger partial charge in [0, 0.05) is 19.0 Å². The zero-order valence-electron chi connectivity index (χ0n) is 19.7. The SMILES string of the molecule is CCC1=C2C=CC(c3ccccc3)C(C(C)(C)C)=C2CN(S(=O)(=O)c2ccc(C)cc2)C1. The minimum Gasteiger partial charge on any atom is -0.207 e. The fraction of sp³-hybridized carbons (Fsp3) is 0.357. The molecule has 1 heterocycles. The largest absolute Gasteiger partial charge is 0.243 e. The van der Waals surface area contributed by atoms with E-state index in [2.05, 4.69) is 64.1 Å². The van der Waals surface area contributed by atoms with Crippen LogP contribution < -0.4 is 0 Å². The maximum Gasteiger partial charge on any atom is 0.243 e. The molecule has 0 spiro atoms. The minimum absolute atomic E-state index is 0.0959. The molecule has 1 aliphatic heterocycles. The van der Waals surface area contributed by atoms with E-state index in [1.165, 1.54) is 27.9 Å². The lowest BCUT2D eigenvalue weighted by Crippen LogP contribution is -2.40. The molecule has 0 saturated heterocycles. The molecule has 0 fully saturated rings. The van der Waals surface area contributed by atoms with Crippen molar-refractivity contribution in [1.29, 1.82) is 0 Å². The van der Waals surface area contributed by atoms with Crippen molar-refractivity contribution in [3.05, 3.63) is 100 Å². The summed E-state index contributed by atoms with van der Waals surface area (Å²) in [6.07, 6.45) is 5.36. The van der Waals surface area contributed by atoms with Gasteiger partial charge in [-0.3, -0.25) is 0 Å². The molecule has 168 valence electrons. The molecule has 0 bridgehead atoms. The fourth-order valence-corrected chi connectivity index (χ4v) is 6.35. The molecular weight excluding hydrogens is 414 g/mol. The van der Waals surface area contributed by atoms with Gasteiger partial charge in [0.15, 0.2) is 0 Å². The zero-order valence-corrected chi connectivity index (χ0v) is 20.5. The first-order valence-electron chi connectivity index (χ1n) is 11.4. The number of hydrogen-bond acceptors (Lipinski definition) is 2. The van der Waals surface area contributed by atoms with Crippen molar-refractivity contribution in [2.24, 2.45) is 5.41 Å². The Morgan fingerprint density at radius 1 is 0.969 bits per heavy atom. The topological polar surface area (TPSA) is 37.4 Å². The molecule has 0 amide bonds. The summed E-state index contributed by atoms with van der Waals surface area (Å²) in [5, 5.41) is 0. The van der Waals surface area contributed by atoms with Crippen molar-refractivity contribution >= 4 is 10.0 Å². The predicted molar refractivity (Wildman–Crippen MR) is 132 cm³/mol. The van der Waals surface area contributed by atoms with Gasteiger partial charge in [0.05, 0.1) is 4.90 Å². The number of nitrogens with zero attached hydrogens (tertiary/aromatic N) is 1. The number of benzene rings is 2. The summed E-state index contributed by atoms with van der Waals surface area (Å²) >= 11 is 0. The van der Waals surface area contributed by atoms with E-state index >= 15 is 0 Å². The van der Waals surface area contributed by atoms with Gasteiger partial charge < -0.3 is 0 Å². The Hall–Kier alpha value is -2.43. The number of allylic oxidation sites excluding steroid dienone is 3. The lowest BCUT2D eigenvalue weighted by atomic mass is 9.68. The second-order valence-electron chi connectivity index (χ2n) is 9.85. The lowest BCUT2D eigenvalue weighted by Gasteiger charge is -2.40. The number of hydrogen-bond donors (Lipinski definition) is 0. The Morgan fingerprint density at radius 3 is 2.22 bits per heavy atom. The van der Waals surface area contributed by atoms with Crippen LogP contribution in [0.15, 0.2) is 93.9 Å². The van der Waals surface area contributed by atoms with E-state index < -0.39 is 10.0 Å². The van der Waals surface area contributed by atoms with Crippen LogP contribution in [0.1, 0.15) is 51.2 Å². The quantitative estimate of drug-likeness (QED) is 0.544. The molecule has 1 atom stereocenters. The molecular formula is C28H33NO2S. The van der Waals surface area contributed by atoms with Crippen LogP contribution in [0.2, 0.25) is 0 Å². The lowest BCUT2D eigenvalue weighted by molar-refractivity contribution is 0.425. The Morgan fingerprint density at radius 2 is 1.62 bits per heavy atom. The van der Waals surface area contributed by atoms with E-state index in [1.807, 2.05) is 25.1 Å². The smallest absolute Gasteiger partial charge is 0.207 e. The van der Waals surface area contributed by atoms with E-state index in [0.29, 0.717) is 18.0 Å². The van der Waals surface area contributed by atoms with Crippen molar-refractivity contribution in [3.63, 3.8) is 0 Å². The summed E-state index contributed by atoms with van der Waals surface area (Å²) in [5.41, 5.74) is 7.12. The van der Waals surface area contributed by atoms with Crippen molar-refractivity contribution in [2.75, 3.05) is 13.1 Å². The van der Waals surface area contributed by atoms with Gasteiger partial charge >= 0.3 is 0 Å². The average Bonchev–Trinajstić information content (AvgIpc) is 2.77. The first-order chi connectivity index (χ1) is 15.1. The van der Waals surface area contributed by atoms with Gasteiger partial charge in [0.1, 0.15) is 0 Å². The van der Waals surface area contributed by atoms with E-state index in [0.717, 1.165) is 12.0 Å². The van der Waals surface area contributed by atoms with Gasteiger partial charge in [-0.2, -0.15) is 4.31 Å². The highest BCUT2D eigenvalue weighted by Crippen LogP contribution is 2.47. The Labute approximate surface area is 193 Å². The van der Waals surface area contributed by atoms with Crippen LogP contribution in [-0.2, 0) is 10.0 Å². The van der Waals surface area contributed by atoms with Crippen LogP contribution in [0, 0.1) is 12.3 Å². The van der Waals surface area contributed by atoms with Gasteiger partial charge in [-0.1, -0.05) is 87.9 Å². The summed E-state index contributed by atoms with van der Waals surface area (Å²) in [4.78, 5) is 0.367. The van der Waals surface area contributed by atoms with Crippen LogP contribution in [0.4, 0.5) is 0 Å². The molecule has 0 aromatic heterocycles. The van der Waals surface area contributed by atoms with Crippen molar-refractivity contribution < 1.29 is 8.42 Å². The van der Waals surface area contributed by atoms with Crippen LogP contribution in [-0.4, -0.2) is 25.8 Å². The van der Waals surface area contributed by atoms with Crippen LogP contribution in [0.5, 0.6) is 0 Å². The molecule has 3 nitrogen and oxygen atoms in total. The molecule has 4 heteroatoms. The van der Waals surface area contributed by atoms with Crippen molar-refractivity contribution in [3.8, 4) is 0 Å². The van der Waals surface area contributed by atoms with Gasteiger partial charge in [0.25, 0.3) is 0 Å². The van der Waals surface area contributed by atoms with Crippen molar-refractivity contribution in [2.45, 2.75) is 51.9 Å². The molecule has 4 rings (SSSR count). The minimum atomic E-state index is -3.58. The van der Waals surface area contributed by atoms with E-state index in [1.54, 1.807) is 16.4 Å². The van der Waals surface area contributed by atoms with Crippen LogP contribution >= 0.6 is 0 Å². The fourth-order valence-electron chi connectivity index (χ4n) is 4.94. The summed E-state index contributed by atoms with van der Waals surface area (Å²) in [6, 6.07) is 17.7. The molecule has 0 radical (unpaired) electrons. The normalized spacial score (nSPS) is 20.0. The Balaban J connectivity index is 1.87. The second-order valence-corrected chi connectivity index (χ2v) is 11.8. The second kappa shape index (κ2) is 8.49. The first-order valence-corrected chi connectivity index (χ1v) is 12.8. The molecule has 1 aliphatic carbocycles. The van der Waals surface area contributed by atoms with E-state index in [9.17, 15) is 8.42 Å². The number of fused-ring (bicyclic) bond motifs is 1. The summed E-state index contributed by atoms with van der Waals surface area (Å²) in [6.45, 7) is 11.7. The molecule has 0 saturated carbocycles. The van der Waals surface area contributed by atoms with Gasteiger partial charge in [-0.05, 0) is 58.7 Å². The van der Waals surface area contributed by atoms with Crippen molar-refractivity contribution in [1.82, 2.24) is 4.31 Å². The molecule has 2 aliphatic rings. The van der Waals surface area contributed by atoms with Gasteiger partial charge in [-0.25, -0.2) is 8.42 Å². The Kier molecular flexibility index (Phi) is 6.04. The standard InChI is InChI=1S/C28H33NO2S/c1-6-21-18-29(32(30,31)23-14-12-20(2)13-15-23)19-26-24(21)16-17-25(27(26)28(3,4)5)22-10-8-7-9-11-22/h7-17,25H,6,18-19H2,1-5H3. The third-order valence-corrected chi connectivity index (χ3v) is 8.36. The third-order valence-electron chi connectivity index (χ3n) is 6.55. The highest BCUT2D eigenvalue weighted by molar-refractivity contribution is 7.89. The number of sulfonamides is 1. The summed E-state index contributed by atoms with van der Waals surface area (Å²) in [7, 11) is -3.58. The van der Waals surface area contributed by atoms with E-state index in [4.69, 9.17) is 0 Å². The Bertz CT molecular complexity index is 1190.